The average molecular weight is 288 g/mol. The molecule has 0 aliphatic carbocycles. The van der Waals surface area contributed by atoms with Gasteiger partial charge in [0.1, 0.15) is 0 Å². The molecule has 18 heavy (non-hydrogen) atoms. The van der Waals surface area contributed by atoms with Gasteiger partial charge in [-0.15, -0.1) is 0 Å². The fraction of sp³-hybridized carbons (Fsp3) is 0.769. The molecule has 1 aromatic rings. The molecule has 1 aliphatic rings. The highest BCUT2D eigenvalue weighted by molar-refractivity contribution is 7.99. The second-order valence-corrected chi connectivity index (χ2v) is 6.44. The van der Waals surface area contributed by atoms with Crippen LogP contribution in [0.4, 0.5) is 0 Å². The van der Waals surface area contributed by atoms with E-state index in [1.165, 1.54) is 23.6 Å². The number of thioether (sulfide) groups is 1. The number of aromatic nitrogens is 2. The van der Waals surface area contributed by atoms with Gasteiger partial charge in [-0.1, -0.05) is 18.5 Å². The van der Waals surface area contributed by atoms with E-state index in [1.54, 1.807) is 0 Å². The van der Waals surface area contributed by atoms with Crippen molar-refractivity contribution in [3.63, 3.8) is 0 Å². The van der Waals surface area contributed by atoms with Gasteiger partial charge in [0.2, 0.25) is 0 Å². The van der Waals surface area contributed by atoms with Gasteiger partial charge in [0, 0.05) is 19.5 Å². The predicted molar refractivity (Wildman–Crippen MR) is 79.6 cm³/mol. The van der Waals surface area contributed by atoms with E-state index >= 15 is 0 Å². The molecule has 102 valence electrons. The van der Waals surface area contributed by atoms with Gasteiger partial charge in [-0.25, -0.2) is 0 Å². The van der Waals surface area contributed by atoms with Crippen molar-refractivity contribution in [3.05, 3.63) is 16.4 Å². The molecule has 5 heteroatoms. The van der Waals surface area contributed by atoms with Crippen LogP contribution >= 0.6 is 23.4 Å². The Morgan fingerprint density at radius 3 is 2.89 bits per heavy atom. The lowest BCUT2D eigenvalue weighted by atomic mass is 9.95. The van der Waals surface area contributed by atoms with Crippen molar-refractivity contribution < 1.29 is 0 Å². The summed E-state index contributed by atoms with van der Waals surface area (Å²) in [4.78, 5) is 0. The first kappa shape index (κ1) is 14.2. The maximum Gasteiger partial charge on any atom is 0.0850 e. The van der Waals surface area contributed by atoms with Crippen molar-refractivity contribution in [3.8, 4) is 0 Å². The van der Waals surface area contributed by atoms with Crippen molar-refractivity contribution in [1.82, 2.24) is 15.1 Å². The topological polar surface area (TPSA) is 29.9 Å². The summed E-state index contributed by atoms with van der Waals surface area (Å²) in [5.41, 5.74) is 2.19. The van der Waals surface area contributed by atoms with Crippen LogP contribution in [-0.2, 0) is 19.9 Å². The van der Waals surface area contributed by atoms with E-state index in [9.17, 15) is 0 Å². The number of rotatable bonds is 5. The van der Waals surface area contributed by atoms with Gasteiger partial charge in [-0.05, 0) is 37.3 Å². The van der Waals surface area contributed by atoms with Gasteiger partial charge in [0.05, 0.1) is 16.4 Å². The van der Waals surface area contributed by atoms with Crippen molar-refractivity contribution in [2.75, 3.05) is 18.6 Å². The zero-order valence-electron chi connectivity index (χ0n) is 11.4. The molecule has 2 atom stereocenters. The number of halogens is 1. The largest absolute Gasteiger partial charge is 0.316 e. The number of nitrogens with zero attached hydrogens (tertiary/aromatic N) is 2. The van der Waals surface area contributed by atoms with Crippen molar-refractivity contribution >= 4 is 23.4 Å². The van der Waals surface area contributed by atoms with Crippen LogP contribution in [0.25, 0.3) is 0 Å². The summed E-state index contributed by atoms with van der Waals surface area (Å²) in [7, 11) is 4.05. The molecule has 2 heterocycles. The number of nitrogens with one attached hydrogen (secondary N) is 1. The smallest absolute Gasteiger partial charge is 0.0850 e. The minimum atomic E-state index is 0.512. The van der Waals surface area contributed by atoms with Crippen LogP contribution in [0.3, 0.4) is 0 Å². The Morgan fingerprint density at radius 2 is 2.39 bits per heavy atom. The number of likely N-dealkylation sites (N-methyl/N-ethyl adjacent to an activating group) is 1. The number of aryl methyl sites for hydroxylation is 2. The molecule has 0 saturated carbocycles. The second kappa shape index (κ2) is 6.31. The minimum absolute atomic E-state index is 0.512. The summed E-state index contributed by atoms with van der Waals surface area (Å²) in [6.45, 7) is 2.10. The first-order valence-corrected chi connectivity index (χ1v) is 8.15. The molecule has 1 aliphatic heterocycles. The monoisotopic (exact) mass is 287 g/mol. The van der Waals surface area contributed by atoms with Crippen LogP contribution < -0.4 is 5.32 Å². The average Bonchev–Trinajstić information content (AvgIpc) is 2.97. The summed E-state index contributed by atoms with van der Waals surface area (Å²) in [5, 5.41) is 8.82. The van der Waals surface area contributed by atoms with Gasteiger partial charge in [-0.2, -0.15) is 16.9 Å². The lowest BCUT2D eigenvalue weighted by Crippen LogP contribution is -2.36. The highest BCUT2D eigenvalue weighted by Gasteiger charge is 2.26. The van der Waals surface area contributed by atoms with E-state index in [4.69, 9.17) is 11.6 Å². The number of hydrogen-bond acceptors (Lipinski definition) is 3. The third-order valence-corrected chi connectivity index (χ3v) is 5.45. The summed E-state index contributed by atoms with van der Waals surface area (Å²) in [6, 6.07) is 0.512. The van der Waals surface area contributed by atoms with Gasteiger partial charge in [0.25, 0.3) is 0 Å². The van der Waals surface area contributed by atoms with Crippen molar-refractivity contribution in [2.24, 2.45) is 13.0 Å². The van der Waals surface area contributed by atoms with E-state index in [1.807, 2.05) is 11.7 Å². The highest BCUT2D eigenvalue weighted by Crippen LogP contribution is 2.29. The molecule has 1 saturated heterocycles. The van der Waals surface area contributed by atoms with E-state index in [2.05, 4.69) is 36.1 Å². The van der Waals surface area contributed by atoms with Crippen LogP contribution in [0.2, 0.25) is 5.02 Å². The molecule has 1 aromatic heterocycles. The van der Waals surface area contributed by atoms with Crippen molar-refractivity contribution in [2.45, 2.75) is 32.2 Å². The minimum Gasteiger partial charge on any atom is -0.316 e. The van der Waals surface area contributed by atoms with Crippen LogP contribution in [-0.4, -0.2) is 34.4 Å². The Kier molecular flexibility index (Phi) is 4.98. The first-order valence-electron chi connectivity index (χ1n) is 6.62. The fourth-order valence-electron chi connectivity index (χ4n) is 2.62. The predicted octanol–water partition coefficient (Wildman–Crippen LogP) is 2.52. The molecule has 0 bridgehead atoms. The third kappa shape index (κ3) is 2.86. The zero-order chi connectivity index (χ0) is 13.1. The van der Waals surface area contributed by atoms with Gasteiger partial charge in [-0.3, -0.25) is 4.68 Å². The summed E-state index contributed by atoms with van der Waals surface area (Å²) < 4.78 is 1.95. The Morgan fingerprint density at radius 1 is 1.61 bits per heavy atom. The SMILES string of the molecule is CCc1nn(C)c(CC(NC)C2CCSC2)c1Cl. The second-order valence-electron chi connectivity index (χ2n) is 4.91. The van der Waals surface area contributed by atoms with E-state index in [0.717, 1.165) is 29.5 Å². The molecule has 1 N–H and O–H groups in total. The Balaban J connectivity index is 2.13. The van der Waals surface area contributed by atoms with Crippen molar-refractivity contribution in [1.29, 1.82) is 0 Å². The molecule has 2 unspecified atom stereocenters. The first-order chi connectivity index (χ1) is 8.67. The molecule has 0 aromatic carbocycles. The van der Waals surface area contributed by atoms with E-state index in [0.29, 0.717) is 6.04 Å². The van der Waals surface area contributed by atoms with E-state index < -0.39 is 0 Å². The lowest BCUT2D eigenvalue weighted by molar-refractivity contribution is 0.396. The standard InChI is InChI=1S/C13H22ClN3S/c1-4-10-13(14)12(17(3)16-10)7-11(15-2)9-5-6-18-8-9/h9,11,15H,4-8H2,1-3H3. The Labute approximate surface area is 119 Å². The van der Waals surface area contributed by atoms with Crippen LogP contribution in [0.1, 0.15) is 24.7 Å². The Hall–Kier alpha value is -0.190. The quantitative estimate of drug-likeness (QED) is 0.902. The molecule has 0 amide bonds. The van der Waals surface area contributed by atoms with E-state index in [-0.39, 0.29) is 0 Å². The van der Waals surface area contributed by atoms with Gasteiger partial charge in [0.15, 0.2) is 0 Å². The maximum absolute atomic E-state index is 6.42. The lowest BCUT2D eigenvalue weighted by Gasteiger charge is -2.22. The normalized spacial score (nSPS) is 21.4. The summed E-state index contributed by atoms with van der Waals surface area (Å²) in [6.07, 6.45) is 3.19. The van der Waals surface area contributed by atoms with Crippen LogP contribution in [0.15, 0.2) is 0 Å². The third-order valence-electron chi connectivity index (χ3n) is 3.82. The fourth-order valence-corrected chi connectivity index (χ4v) is 4.33. The molecule has 3 nitrogen and oxygen atoms in total. The van der Waals surface area contributed by atoms with Crippen LogP contribution in [0, 0.1) is 5.92 Å². The molecule has 2 rings (SSSR count). The van der Waals surface area contributed by atoms with Crippen LogP contribution in [0.5, 0.6) is 0 Å². The molecular weight excluding hydrogens is 266 g/mol. The molecule has 1 fully saturated rings. The molecular formula is C13H22ClN3S. The maximum atomic E-state index is 6.42. The number of hydrogen-bond donors (Lipinski definition) is 1. The van der Waals surface area contributed by atoms with Gasteiger partial charge < -0.3 is 5.32 Å². The summed E-state index contributed by atoms with van der Waals surface area (Å²) >= 11 is 8.48. The molecule has 0 spiro atoms. The van der Waals surface area contributed by atoms with Gasteiger partial charge >= 0.3 is 0 Å². The molecule has 0 radical (unpaired) electrons. The highest BCUT2D eigenvalue weighted by atomic mass is 35.5. The summed E-state index contributed by atoms with van der Waals surface area (Å²) in [5.74, 6) is 3.32. The Bertz CT molecular complexity index is 399. The zero-order valence-corrected chi connectivity index (χ0v) is 12.9.